The van der Waals surface area contributed by atoms with Crippen molar-refractivity contribution in [2.24, 2.45) is 5.73 Å². The Bertz CT molecular complexity index is 524. The summed E-state index contributed by atoms with van der Waals surface area (Å²) in [7, 11) is 1.64. The molecule has 2 rings (SSSR count). The molecule has 5 heteroatoms. The Morgan fingerprint density at radius 3 is 3.00 bits per heavy atom. The van der Waals surface area contributed by atoms with Gasteiger partial charge in [-0.2, -0.15) is 0 Å². The zero-order chi connectivity index (χ0) is 12.4. The Kier molecular flexibility index (Phi) is 3.66. The van der Waals surface area contributed by atoms with Crippen LogP contribution in [0, 0.1) is 6.92 Å². The van der Waals surface area contributed by atoms with E-state index < -0.39 is 0 Å². The van der Waals surface area contributed by atoms with Crippen molar-refractivity contribution in [1.82, 2.24) is 4.98 Å². The predicted molar refractivity (Wildman–Crippen MR) is 67.2 cm³/mol. The molecule has 0 fully saturated rings. The molecular weight excluding hydrogens is 240 g/mol. The van der Waals surface area contributed by atoms with Gasteiger partial charge in [0, 0.05) is 18.7 Å². The lowest BCUT2D eigenvalue weighted by Crippen LogP contribution is -2.12. The minimum atomic E-state index is -0.250. The molecule has 17 heavy (non-hydrogen) atoms. The molecule has 1 atom stereocenters. The Labute approximate surface area is 105 Å². The second-order valence-electron chi connectivity index (χ2n) is 4.01. The van der Waals surface area contributed by atoms with E-state index in [-0.39, 0.29) is 6.04 Å². The highest BCUT2D eigenvalue weighted by Crippen LogP contribution is 2.26. The van der Waals surface area contributed by atoms with Gasteiger partial charge >= 0.3 is 0 Å². The number of rotatable bonds is 4. The van der Waals surface area contributed by atoms with E-state index in [4.69, 9.17) is 26.5 Å². The van der Waals surface area contributed by atoms with Gasteiger partial charge in [-0.15, -0.1) is 0 Å². The van der Waals surface area contributed by atoms with Crippen LogP contribution in [0.4, 0.5) is 0 Å². The highest BCUT2D eigenvalue weighted by molar-refractivity contribution is 6.31. The van der Waals surface area contributed by atoms with Crippen LogP contribution in [0.25, 0.3) is 11.1 Å². The van der Waals surface area contributed by atoms with Gasteiger partial charge in [0.2, 0.25) is 5.89 Å². The number of aromatic nitrogens is 1. The summed E-state index contributed by atoms with van der Waals surface area (Å²) < 4.78 is 10.6. The normalized spacial score (nSPS) is 13.2. The highest BCUT2D eigenvalue weighted by atomic mass is 35.5. The summed E-state index contributed by atoms with van der Waals surface area (Å²) in [6, 6.07) is 3.37. The van der Waals surface area contributed by atoms with Crippen molar-refractivity contribution in [1.29, 1.82) is 0 Å². The summed E-state index contributed by atoms with van der Waals surface area (Å²) in [4.78, 5) is 4.36. The summed E-state index contributed by atoms with van der Waals surface area (Å²) >= 11 is 5.96. The Balaban J connectivity index is 2.34. The molecule has 0 bridgehead atoms. The lowest BCUT2D eigenvalue weighted by Gasteiger charge is -2.05. The SMILES string of the molecule is COCCC(N)c1nc2cc(Cl)cc(C)c2o1. The second-order valence-corrected chi connectivity index (χ2v) is 4.45. The van der Waals surface area contributed by atoms with Crippen molar-refractivity contribution in [3.8, 4) is 0 Å². The van der Waals surface area contributed by atoms with Gasteiger partial charge in [-0.1, -0.05) is 11.6 Å². The molecule has 4 nitrogen and oxygen atoms in total. The summed E-state index contributed by atoms with van der Waals surface area (Å²) in [5, 5.41) is 0.653. The molecule has 0 saturated heterocycles. The average Bonchev–Trinajstić information content (AvgIpc) is 2.69. The lowest BCUT2D eigenvalue weighted by molar-refractivity contribution is 0.184. The van der Waals surface area contributed by atoms with Crippen molar-refractivity contribution >= 4 is 22.7 Å². The summed E-state index contributed by atoms with van der Waals surface area (Å²) in [5.74, 6) is 0.530. The monoisotopic (exact) mass is 254 g/mol. The zero-order valence-electron chi connectivity index (χ0n) is 9.87. The molecule has 2 N–H and O–H groups in total. The summed E-state index contributed by atoms with van der Waals surface area (Å²) in [6.07, 6.45) is 0.677. The number of oxazole rings is 1. The van der Waals surface area contributed by atoms with Gasteiger partial charge in [0.1, 0.15) is 5.52 Å². The van der Waals surface area contributed by atoms with Gasteiger partial charge in [0.25, 0.3) is 0 Å². The van der Waals surface area contributed by atoms with Gasteiger partial charge in [0.05, 0.1) is 6.04 Å². The molecule has 1 aromatic heterocycles. The molecule has 0 amide bonds. The highest BCUT2D eigenvalue weighted by Gasteiger charge is 2.15. The average molecular weight is 255 g/mol. The molecule has 1 heterocycles. The van der Waals surface area contributed by atoms with Crippen LogP contribution in [0.2, 0.25) is 5.02 Å². The summed E-state index contributed by atoms with van der Waals surface area (Å²) in [5.41, 5.74) is 8.42. The number of methoxy groups -OCH3 is 1. The fourth-order valence-corrected chi connectivity index (χ4v) is 1.97. The first-order valence-corrected chi connectivity index (χ1v) is 5.80. The topological polar surface area (TPSA) is 61.3 Å². The maximum Gasteiger partial charge on any atom is 0.212 e. The van der Waals surface area contributed by atoms with Crippen LogP contribution in [0.15, 0.2) is 16.5 Å². The molecule has 0 spiro atoms. The number of halogens is 1. The number of aryl methyl sites for hydroxylation is 1. The number of fused-ring (bicyclic) bond motifs is 1. The predicted octanol–water partition coefficient (Wildman–Crippen LogP) is 2.83. The van der Waals surface area contributed by atoms with E-state index in [9.17, 15) is 0 Å². The van der Waals surface area contributed by atoms with E-state index in [0.717, 1.165) is 16.7 Å². The van der Waals surface area contributed by atoms with E-state index in [0.29, 0.717) is 23.9 Å². The smallest absolute Gasteiger partial charge is 0.212 e. The van der Waals surface area contributed by atoms with Crippen molar-refractivity contribution in [2.45, 2.75) is 19.4 Å². The van der Waals surface area contributed by atoms with Crippen LogP contribution in [0.1, 0.15) is 23.9 Å². The first kappa shape index (κ1) is 12.4. The van der Waals surface area contributed by atoms with Gasteiger partial charge in [-0.25, -0.2) is 4.98 Å². The van der Waals surface area contributed by atoms with Crippen LogP contribution in [-0.4, -0.2) is 18.7 Å². The number of nitrogens with two attached hydrogens (primary N) is 1. The summed E-state index contributed by atoms with van der Waals surface area (Å²) in [6.45, 7) is 2.52. The molecule has 0 aliphatic heterocycles. The minimum absolute atomic E-state index is 0.250. The van der Waals surface area contributed by atoms with Crippen LogP contribution >= 0.6 is 11.6 Å². The zero-order valence-corrected chi connectivity index (χ0v) is 10.6. The van der Waals surface area contributed by atoms with Crippen molar-refractivity contribution in [3.63, 3.8) is 0 Å². The molecular formula is C12H15ClN2O2. The first-order chi connectivity index (χ1) is 8.11. The quantitative estimate of drug-likeness (QED) is 0.911. The van der Waals surface area contributed by atoms with Crippen LogP contribution in [0.5, 0.6) is 0 Å². The maximum atomic E-state index is 5.96. The molecule has 0 aliphatic rings. The third-order valence-corrected chi connectivity index (χ3v) is 2.83. The first-order valence-electron chi connectivity index (χ1n) is 5.43. The fourth-order valence-electron chi connectivity index (χ4n) is 1.70. The molecule has 2 aromatic rings. The van der Waals surface area contributed by atoms with Crippen molar-refractivity contribution in [2.75, 3.05) is 13.7 Å². The molecule has 92 valence electrons. The lowest BCUT2D eigenvalue weighted by atomic mass is 10.2. The Hall–Kier alpha value is -1.10. The van der Waals surface area contributed by atoms with Crippen LogP contribution in [0.3, 0.4) is 0 Å². The Morgan fingerprint density at radius 1 is 1.53 bits per heavy atom. The van der Waals surface area contributed by atoms with Crippen LogP contribution in [-0.2, 0) is 4.74 Å². The molecule has 1 unspecified atom stereocenters. The number of benzene rings is 1. The van der Waals surface area contributed by atoms with Crippen molar-refractivity contribution in [3.05, 3.63) is 28.6 Å². The maximum absolute atomic E-state index is 5.96. The number of hydrogen-bond donors (Lipinski definition) is 1. The van der Waals surface area contributed by atoms with E-state index >= 15 is 0 Å². The van der Waals surface area contributed by atoms with Crippen LogP contribution < -0.4 is 5.73 Å². The van der Waals surface area contributed by atoms with Gasteiger partial charge < -0.3 is 14.9 Å². The standard InChI is InChI=1S/C12H15ClN2O2/c1-7-5-8(13)6-10-11(7)17-12(15-10)9(14)3-4-16-2/h5-6,9H,3-4,14H2,1-2H3. The largest absolute Gasteiger partial charge is 0.439 e. The minimum Gasteiger partial charge on any atom is -0.439 e. The third-order valence-electron chi connectivity index (χ3n) is 2.61. The number of nitrogens with zero attached hydrogens (tertiary/aromatic N) is 1. The number of ether oxygens (including phenoxy) is 1. The van der Waals surface area contributed by atoms with Gasteiger partial charge in [-0.3, -0.25) is 0 Å². The van der Waals surface area contributed by atoms with Crippen molar-refractivity contribution < 1.29 is 9.15 Å². The fraction of sp³-hybridized carbons (Fsp3) is 0.417. The van der Waals surface area contributed by atoms with E-state index in [1.54, 1.807) is 13.2 Å². The number of hydrogen-bond acceptors (Lipinski definition) is 4. The van der Waals surface area contributed by atoms with E-state index in [1.807, 2.05) is 13.0 Å². The van der Waals surface area contributed by atoms with E-state index in [1.165, 1.54) is 0 Å². The second kappa shape index (κ2) is 5.04. The Morgan fingerprint density at radius 2 is 2.29 bits per heavy atom. The molecule has 0 radical (unpaired) electrons. The van der Waals surface area contributed by atoms with E-state index in [2.05, 4.69) is 4.98 Å². The molecule has 0 aliphatic carbocycles. The molecule has 1 aromatic carbocycles. The van der Waals surface area contributed by atoms with Gasteiger partial charge in [0.15, 0.2) is 5.58 Å². The molecule has 0 saturated carbocycles. The third kappa shape index (κ3) is 2.60. The van der Waals surface area contributed by atoms with Gasteiger partial charge in [-0.05, 0) is 31.0 Å².